The monoisotopic (exact) mass is 357 g/mol. The molecule has 0 saturated carbocycles. The first-order chi connectivity index (χ1) is 12.6. The van der Waals surface area contributed by atoms with Gasteiger partial charge in [-0.05, 0) is 24.8 Å². The summed E-state index contributed by atoms with van der Waals surface area (Å²) in [6, 6.07) is 9.47. The third-order valence-corrected chi connectivity index (χ3v) is 4.38. The van der Waals surface area contributed by atoms with Crippen molar-refractivity contribution in [2.75, 3.05) is 6.61 Å². The third-order valence-electron chi connectivity index (χ3n) is 4.38. The number of rotatable bonds is 6. The smallest absolute Gasteiger partial charge is 0.407 e. The largest absolute Gasteiger partial charge is 0.464 e. The van der Waals surface area contributed by atoms with Crippen molar-refractivity contribution in [3.63, 3.8) is 0 Å². The molecule has 1 amide bonds. The lowest BCUT2D eigenvalue weighted by Gasteiger charge is -2.24. The summed E-state index contributed by atoms with van der Waals surface area (Å²) in [6.07, 6.45) is 4.05. The van der Waals surface area contributed by atoms with Crippen LogP contribution in [0, 0.1) is 0 Å². The Morgan fingerprint density at radius 1 is 1.27 bits per heavy atom. The van der Waals surface area contributed by atoms with Gasteiger partial charge in [0.15, 0.2) is 0 Å². The number of hydrogen-bond acceptors (Lipinski definition) is 5. The molecule has 26 heavy (non-hydrogen) atoms. The number of alkyl carbamates (subject to hydrolysis) is 1. The van der Waals surface area contributed by atoms with Gasteiger partial charge in [-0.25, -0.2) is 4.79 Å². The van der Waals surface area contributed by atoms with Crippen molar-refractivity contribution in [1.82, 2.24) is 15.1 Å². The summed E-state index contributed by atoms with van der Waals surface area (Å²) in [7, 11) is 0. The first kappa shape index (κ1) is 18.0. The Morgan fingerprint density at radius 3 is 2.85 bits per heavy atom. The number of carbonyl (C=O) groups excluding carboxylic acids is 2. The fourth-order valence-electron chi connectivity index (χ4n) is 3.14. The molecule has 1 N–H and O–H groups in total. The molecule has 0 saturated heterocycles. The maximum Gasteiger partial charge on any atom is 0.407 e. The molecule has 138 valence electrons. The number of carbonyl (C=O) groups is 2. The molecule has 0 unspecified atom stereocenters. The molecular weight excluding hydrogens is 334 g/mol. The van der Waals surface area contributed by atoms with Crippen molar-refractivity contribution in [3.05, 3.63) is 53.3 Å². The number of fused-ring (bicyclic) bond motifs is 1. The van der Waals surface area contributed by atoms with E-state index in [2.05, 4.69) is 10.4 Å². The quantitative estimate of drug-likeness (QED) is 0.804. The van der Waals surface area contributed by atoms with Gasteiger partial charge in [-0.1, -0.05) is 30.3 Å². The summed E-state index contributed by atoms with van der Waals surface area (Å²) in [6.45, 7) is 2.44. The maximum absolute atomic E-state index is 12.1. The van der Waals surface area contributed by atoms with E-state index in [0.717, 1.165) is 36.1 Å². The summed E-state index contributed by atoms with van der Waals surface area (Å²) in [4.78, 5) is 23.0. The SMILES string of the molecule is CC(=O)OCCn1ncc2c1CCC[C@H]2NC(=O)OCc1ccccc1. The average molecular weight is 357 g/mol. The van der Waals surface area contributed by atoms with Gasteiger partial charge in [0.1, 0.15) is 13.2 Å². The normalized spacial score (nSPS) is 15.8. The first-order valence-electron chi connectivity index (χ1n) is 8.78. The molecule has 7 nitrogen and oxygen atoms in total. The average Bonchev–Trinajstić information content (AvgIpc) is 3.05. The Balaban J connectivity index is 1.56. The molecule has 1 atom stereocenters. The van der Waals surface area contributed by atoms with Crippen LogP contribution in [-0.2, 0) is 33.8 Å². The van der Waals surface area contributed by atoms with Crippen LogP contribution in [0.25, 0.3) is 0 Å². The molecule has 0 aliphatic heterocycles. The lowest BCUT2D eigenvalue weighted by molar-refractivity contribution is -0.141. The molecule has 0 radical (unpaired) electrons. The van der Waals surface area contributed by atoms with E-state index in [1.54, 1.807) is 6.20 Å². The van der Waals surface area contributed by atoms with Crippen LogP contribution in [0.4, 0.5) is 4.79 Å². The Labute approximate surface area is 152 Å². The third kappa shape index (κ3) is 4.62. The number of esters is 1. The van der Waals surface area contributed by atoms with Crippen LogP contribution >= 0.6 is 0 Å². The van der Waals surface area contributed by atoms with Crippen LogP contribution in [-0.4, -0.2) is 28.4 Å². The first-order valence-corrected chi connectivity index (χ1v) is 8.78. The molecule has 1 aromatic carbocycles. The molecule has 0 spiro atoms. The fourth-order valence-corrected chi connectivity index (χ4v) is 3.14. The van der Waals surface area contributed by atoms with Gasteiger partial charge in [0, 0.05) is 18.2 Å². The molecule has 1 aliphatic rings. The fraction of sp³-hybridized carbons (Fsp3) is 0.421. The Hall–Kier alpha value is -2.83. The second kappa shape index (κ2) is 8.51. The number of ether oxygens (including phenoxy) is 2. The highest BCUT2D eigenvalue weighted by Gasteiger charge is 2.26. The molecule has 1 aliphatic carbocycles. The number of aromatic nitrogens is 2. The van der Waals surface area contributed by atoms with Gasteiger partial charge in [-0.3, -0.25) is 9.48 Å². The summed E-state index contributed by atoms with van der Waals surface area (Å²) < 4.78 is 12.1. The van der Waals surface area contributed by atoms with E-state index in [9.17, 15) is 9.59 Å². The van der Waals surface area contributed by atoms with Crippen molar-refractivity contribution >= 4 is 12.1 Å². The predicted molar refractivity (Wildman–Crippen MR) is 94.3 cm³/mol. The maximum atomic E-state index is 12.1. The van der Waals surface area contributed by atoms with Gasteiger partial charge < -0.3 is 14.8 Å². The molecule has 1 heterocycles. The van der Waals surface area contributed by atoms with Gasteiger partial charge in [0.2, 0.25) is 0 Å². The number of nitrogens with zero attached hydrogens (tertiary/aromatic N) is 2. The van der Waals surface area contributed by atoms with Crippen LogP contribution in [0.2, 0.25) is 0 Å². The molecule has 7 heteroatoms. The Bertz CT molecular complexity index is 757. The topological polar surface area (TPSA) is 82.5 Å². The highest BCUT2D eigenvalue weighted by atomic mass is 16.5. The molecule has 2 aromatic rings. The minimum atomic E-state index is -0.431. The van der Waals surface area contributed by atoms with E-state index in [4.69, 9.17) is 9.47 Å². The number of benzene rings is 1. The van der Waals surface area contributed by atoms with Crippen LogP contribution in [0.1, 0.15) is 42.6 Å². The van der Waals surface area contributed by atoms with E-state index >= 15 is 0 Å². The molecule has 3 rings (SSSR count). The summed E-state index contributed by atoms with van der Waals surface area (Å²) in [5.41, 5.74) is 3.04. The van der Waals surface area contributed by atoms with Gasteiger partial charge in [0.25, 0.3) is 0 Å². The van der Waals surface area contributed by atoms with Crippen LogP contribution < -0.4 is 5.32 Å². The molecular formula is C19H23N3O4. The van der Waals surface area contributed by atoms with Gasteiger partial charge in [0.05, 0.1) is 18.8 Å². The lowest BCUT2D eigenvalue weighted by Crippen LogP contribution is -2.31. The molecule has 0 fully saturated rings. The van der Waals surface area contributed by atoms with Crippen LogP contribution in [0.15, 0.2) is 36.5 Å². The van der Waals surface area contributed by atoms with Crippen molar-refractivity contribution in [2.45, 2.75) is 45.4 Å². The standard InChI is InChI=1S/C19H23N3O4/c1-14(23)25-11-10-22-18-9-5-8-17(16(18)12-20-22)21-19(24)26-13-15-6-3-2-4-7-15/h2-4,6-7,12,17H,5,8-11,13H2,1H3,(H,21,24)/t17-/m1/s1. The van der Waals surface area contributed by atoms with Gasteiger partial charge in [-0.15, -0.1) is 0 Å². The number of amides is 1. The van der Waals surface area contributed by atoms with E-state index in [1.807, 2.05) is 35.0 Å². The molecule has 0 bridgehead atoms. The zero-order valence-electron chi connectivity index (χ0n) is 14.8. The van der Waals surface area contributed by atoms with E-state index in [0.29, 0.717) is 13.2 Å². The van der Waals surface area contributed by atoms with Crippen molar-refractivity contribution in [2.24, 2.45) is 0 Å². The minimum Gasteiger partial charge on any atom is -0.464 e. The van der Waals surface area contributed by atoms with Gasteiger partial charge >= 0.3 is 12.1 Å². The Morgan fingerprint density at radius 2 is 2.08 bits per heavy atom. The zero-order valence-corrected chi connectivity index (χ0v) is 14.8. The minimum absolute atomic E-state index is 0.107. The zero-order chi connectivity index (χ0) is 18.4. The summed E-state index contributed by atoms with van der Waals surface area (Å²) >= 11 is 0. The van der Waals surface area contributed by atoms with Crippen LogP contribution in [0.5, 0.6) is 0 Å². The van der Waals surface area contributed by atoms with Gasteiger partial charge in [-0.2, -0.15) is 5.10 Å². The van der Waals surface area contributed by atoms with Crippen LogP contribution in [0.3, 0.4) is 0 Å². The van der Waals surface area contributed by atoms with E-state index in [1.165, 1.54) is 6.92 Å². The van der Waals surface area contributed by atoms with E-state index in [-0.39, 0.29) is 18.6 Å². The lowest BCUT2D eigenvalue weighted by atomic mass is 9.93. The summed E-state index contributed by atoms with van der Waals surface area (Å²) in [5, 5.41) is 7.31. The second-order valence-corrected chi connectivity index (χ2v) is 6.26. The van der Waals surface area contributed by atoms with Crippen molar-refractivity contribution in [3.8, 4) is 0 Å². The van der Waals surface area contributed by atoms with Crippen molar-refractivity contribution < 1.29 is 19.1 Å². The number of hydrogen-bond donors (Lipinski definition) is 1. The summed E-state index contributed by atoms with van der Waals surface area (Å²) in [5.74, 6) is -0.299. The number of nitrogens with one attached hydrogen (secondary N) is 1. The van der Waals surface area contributed by atoms with E-state index < -0.39 is 6.09 Å². The van der Waals surface area contributed by atoms with Crippen molar-refractivity contribution in [1.29, 1.82) is 0 Å². The highest BCUT2D eigenvalue weighted by Crippen LogP contribution is 2.29. The molecule has 1 aromatic heterocycles. The Kier molecular flexibility index (Phi) is 5.88. The highest BCUT2D eigenvalue weighted by molar-refractivity contribution is 5.68. The second-order valence-electron chi connectivity index (χ2n) is 6.26. The predicted octanol–water partition coefficient (Wildman–Crippen LogP) is 2.75.